The minimum Gasteiger partial charge on any atom is -0.267 e. The Morgan fingerprint density at radius 3 is 2.11 bits per heavy atom. The number of allylic oxidation sites excluding steroid dienone is 1. The summed E-state index contributed by atoms with van der Waals surface area (Å²) >= 11 is 0. The van der Waals surface area contributed by atoms with Gasteiger partial charge >= 0.3 is 0 Å². The maximum absolute atomic E-state index is 10.6. The molecule has 2 nitrogen and oxygen atoms in total. The third kappa shape index (κ3) is 2.26. The zero-order chi connectivity index (χ0) is 7.44. The monoisotopic (exact) mass is 121 g/mol. The SMILES string of the molecule is [B]C(C)=C(C)C(=O)N=C. The van der Waals surface area contributed by atoms with Gasteiger partial charge in [0.2, 0.25) is 0 Å². The first-order valence-electron chi connectivity index (χ1n) is 2.53. The maximum Gasteiger partial charge on any atom is 0.271 e. The molecule has 3 heteroatoms. The second kappa shape index (κ2) is 3.23. The Kier molecular flexibility index (Phi) is 2.92. The van der Waals surface area contributed by atoms with Gasteiger partial charge in [-0.2, -0.15) is 0 Å². The number of carbonyl (C=O) groups excluding carboxylic acids is 1. The molecule has 0 heterocycles. The van der Waals surface area contributed by atoms with Crippen molar-refractivity contribution in [2.24, 2.45) is 4.99 Å². The number of hydrogen-bond donors (Lipinski definition) is 0. The Morgan fingerprint density at radius 2 is 2.00 bits per heavy atom. The molecule has 0 aliphatic heterocycles. The summed E-state index contributed by atoms with van der Waals surface area (Å²) in [4.78, 5) is 13.8. The first kappa shape index (κ1) is 8.14. The van der Waals surface area contributed by atoms with E-state index in [4.69, 9.17) is 7.85 Å². The van der Waals surface area contributed by atoms with E-state index in [1.807, 2.05) is 0 Å². The first-order chi connectivity index (χ1) is 4.09. The lowest BCUT2D eigenvalue weighted by Crippen LogP contribution is -1.96. The van der Waals surface area contributed by atoms with Gasteiger partial charge < -0.3 is 0 Å². The van der Waals surface area contributed by atoms with Gasteiger partial charge in [-0.15, -0.1) is 5.47 Å². The van der Waals surface area contributed by atoms with E-state index in [-0.39, 0.29) is 5.91 Å². The molecule has 2 radical (unpaired) electrons. The molecule has 0 saturated carbocycles. The molecule has 9 heavy (non-hydrogen) atoms. The summed E-state index contributed by atoms with van der Waals surface area (Å²) in [6.07, 6.45) is 0. The summed E-state index contributed by atoms with van der Waals surface area (Å²) in [6.45, 7) is 6.34. The second-order valence-electron chi connectivity index (χ2n) is 1.77. The van der Waals surface area contributed by atoms with Crippen LogP contribution in [0.1, 0.15) is 13.8 Å². The predicted octanol–water partition coefficient (Wildman–Crippen LogP) is 0.676. The Labute approximate surface area is 56.1 Å². The van der Waals surface area contributed by atoms with Crippen LogP contribution in [0.25, 0.3) is 0 Å². The van der Waals surface area contributed by atoms with Crippen LogP contribution in [0.3, 0.4) is 0 Å². The van der Waals surface area contributed by atoms with Gasteiger partial charge in [-0.3, -0.25) is 4.79 Å². The minimum atomic E-state index is -0.352. The molecule has 0 unspecified atom stereocenters. The van der Waals surface area contributed by atoms with Gasteiger partial charge in [0.1, 0.15) is 7.85 Å². The van der Waals surface area contributed by atoms with Gasteiger partial charge in [0.05, 0.1) is 0 Å². The highest BCUT2D eigenvalue weighted by Crippen LogP contribution is 1.99. The molecule has 1 amide bonds. The summed E-state index contributed by atoms with van der Waals surface area (Å²) < 4.78 is 0. The fraction of sp³-hybridized carbons (Fsp3) is 0.333. The van der Waals surface area contributed by atoms with Crippen LogP contribution in [0.5, 0.6) is 0 Å². The molecule has 0 saturated heterocycles. The number of carbonyl (C=O) groups is 1. The van der Waals surface area contributed by atoms with Crippen molar-refractivity contribution in [3.05, 3.63) is 11.0 Å². The molecule has 46 valence electrons. The number of aliphatic imine (C=N–C) groups is 1. The normalized spacial score (nSPS) is 12.2. The van der Waals surface area contributed by atoms with E-state index in [1.54, 1.807) is 13.8 Å². The molecule has 0 aliphatic rings. The molecule has 0 aromatic heterocycles. The van der Waals surface area contributed by atoms with E-state index in [0.717, 1.165) is 0 Å². The van der Waals surface area contributed by atoms with Crippen molar-refractivity contribution in [2.45, 2.75) is 13.8 Å². The molecule has 0 spiro atoms. The Morgan fingerprint density at radius 1 is 1.56 bits per heavy atom. The van der Waals surface area contributed by atoms with Crippen LogP contribution in [-0.4, -0.2) is 20.5 Å². The largest absolute Gasteiger partial charge is 0.271 e. The van der Waals surface area contributed by atoms with Gasteiger partial charge in [-0.1, -0.05) is 6.92 Å². The highest BCUT2D eigenvalue weighted by Gasteiger charge is 1.99. The maximum atomic E-state index is 10.6. The van der Waals surface area contributed by atoms with Crippen LogP contribution in [0.4, 0.5) is 0 Å². The fourth-order valence-electron chi connectivity index (χ4n) is 0.287. The van der Waals surface area contributed by atoms with Crippen molar-refractivity contribution in [3.63, 3.8) is 0 Å². The van der Waals surface area contributed by atoms with Crippen molar-refractivity contribution >= 4 is 20.5 Å². The summed E-state index contributed by atoms with van der Waals surface area (Å²) in [5, 5.41) is 0. The average molecular weight is 121 g/mol. The van der Waals surface area contributed by atoms with Crippen LogP contribution in [0.15, 0.2) is 16.0 Å². The van der Waals surface area contributed by atoms with Crippen molar-refractivity contribution in [2.75, 3.05) is 0 Å². The van der Waals surface area contributed by atoms with Gasteiger partial charge in [-0.05, 0) is 13.6 Å². The van der Waals surface area contributed by atoms with E-state index < -0.39 is 0 Å². The number of hydrogen-bond acceptors (Lipinski definition) is 1. The van der Waals surface area contributed by atoms with Crippen LogP contribution in [0, 0.1) is 0 Å². The van der Waals surface area contributed by atoms with Crippen molar-refractivity contribution < 1.29 is 4.79 Å². The van der Waals surface area contributed by atoms with Crippen LogP contribution in [0.2, 0.25) is 0 Å². The Hall–Kier alpha value is -0.855. The number of amides is 1. The Bertz CT molecular complexity index is 168. The molecular formula is C6H8BNO. The molecule has 0 aliphatic carbocycles. The highest BCUT2D eigenvalue weighted by atomic mass is 16.1. The van der Waals surface area contributed by atoms with Gasteiger partial charge in [0.15, 0.2) is 0 Å². The summed E-state index contributed by atoms with van der Waals surface area (Å²) in [6, 6.07) is 0. The highest BCUT2D eigenvalue weighted by molar-refractivity contribution is 6.24. The molecule has 0 aromatic carbocycles. The summed E-state index contributed by atoms with van der Waals surface area (Å²) in [5.41, 5.74) is 0.956. The standard InChI is InChI=1S/C6H8BNO/c1-4(5(2)7)6(9)8-3/h3H2,1-2H3. The van der Waals surface area contributed by atoms with Crippen LogP contribution in [-0.2, 0) is 4.79 Å². The number of rotatable bonds is 1. The molecular weight excluding hydrogens is 113 g/mol. The second-order valence-corrected chi connectivity index (χ2v) is 1.77. The minimum absolute atomic E-state index is 0.352. The van der Waals surface area contributed by atoms with Gasteiger partial charge in [0, 0.05) is 5.57 Å². The van der Waals surface area contributed by atoms with Crippen molar-refractivity contribution in [1.29, 1.82) is 0 Å². The lowest BCUT2D eigenvalue weighted by Gasteiger charge is -1.94. The molecule has 0 rings (SSSR count). The third-order valence-corrected chi connectivity index (χ3v) is 1.06. The molecule has 0 aromatic rings. The third-order valence-electron chi connectivity index (χ3n) is 1.06. The Balaban J connectivity index is 4.39. The molecule has 0 atom stereocenters. The summed E-state index contributed by atoms with van der Waals surface area (Å²) in [7, 11) is 5.28. The zero-order valence-corrected chi connectivity index (χ0v) is 5.64. The number of nitrogens with zero attached hydrogens (tertiary/aromatic N) is 1. The fourth-order valence-corrected chi connectivity index (χ4v) is 0.287. The first-order valence-corrected chi connectivity index (χ1v) is 2.53. The topological polar surface area (TPSA) is 29.4 Å². The predicted molar refractivity (Wildman–Crippen MR) is 38.7 cm³/mol. The van der Waals surface area contributed by atoms with E-state index in [0.29, 0.717) is 11.0 Å². The quantitative estimate of drug-likeness (QED) is 0.285. The van der Waals surface area contributed by atoms with Gasteiger partial charge in [0.25, 0.3) is 5.91 Å². The van der Waals surface area contributed by atoms with E-state index in [1.165, 1.54) is 0 Å². The summed E-state index contributed by atoms with van der Waals surface area (Å²) in [5.74, 6) is -0.352. The lowest BCUT2D eigenvalue weighted by atomic mass is 9.92. The lowest BCUT2D eigenvalue weighted by molar-refractivity contribution is -0.114. The smallest absolute Gasteiger partial charge is 0.267 e. The molecule has 0 fully saturated rings. The van der Waals surface area contributed by atoms with E-state index in [9.17, 15) is 4.79 Å². The molecule has 0 N–H and O–H groups in total. The van der Waals surface area contributed by atoms with Gasteiger partial charge in [-0.25, -0.2) is 4.99 Å². The van der Waals surface area contributed by atoms with E-state index in [2.05, 4.69) is 11.7 Å². The van der Waals surface area contributed by atoms with Crippen LogP contribution >= 0.6 is 0 Å². The van der Waals surface area contributed by atoms with Crippen LogP contribution < -0.4 is 0 Å². The van der Waals surface area contributed by atoms with E-state index >= 15 is 0 Å². The zero-order valence-electron chi connectivity index (χ0n) is 5.64. The van der Waals surface area contributed by atoms with Crippen molar-refractivity contribution in [1.82, 2.24) is 0 Å². The average Bonchev–Trinajstić information content (AvgIpc) is 1.84. The molecule has 0 bridgehead atoms. The van der Waals surface area contributed by atoms with Crippen molar-refractivity contribution in [3.8, 4) is 0 Å².